The van der Waals surface area contributed by atoms with Gasteiger partial charge in [0.1, 0.15) is 5.75 Å². The monoisotopic (exact) mass is 413 g/mol. The van der Waals surface area contributed by atoms with Crippen LogP contribution in [-0.4, -0.2) is 49.3 Å². The van der Waals surface area contributed by atoms with Gasteiger partial charge in [-0.1, -0.05) is 0 Å². The van der Waals surface area contributed by atoms with Crippen LogP contribution < -0.4 is 10.1 Å². The molecule has 0 spiro atoms. The fourth-order valence-electron chi connectivity index (χ4n) is 3.35. The smallest absolute Gasteiger partial charge is 0.389 e. The zero-order chi connectivity index (χ0) is 17.2. The quantitative estimate of drug-likeness (QED) is 0.766. The summed E-state index contributed by atoms with van der Waals surface area (Å²) in [6, 6.07) is 5.38. The van der Waals surface area contributed by atoms with Gasteiger partial charge in [0.15, 0.2) is 0 Å². The van der Waals surface area contributed by atoms with E-state index in [4.69, 9.17) is 4.74 Å². The molecular weight excluding hydrogens is 390 g/mol. The van der Waals surface area contributed by atoms with E-state index in [1.54, 1.807) is 7.11 Å². The average Bonchev–Trinajstić information content (AvgIpc) is 2.98. The van der Waals surface area contributed by atoms with Crippen molar-refractivity contribution in [3.05, 3.63) is 30.0 Å². The number of ether oxygens (including phenoxy) is 1. The molecule has 0 radical (unpaired) electrons. The number of aromatic nitrogens is 1. The Hall–Kier alpha value is -1.15. The maximum atomic E-state index is 12.8. The van der Waals surface area contributed by atoms with E-state index in [-0.39, 0.29) is 37.3 Å². The van der Waals surface area contributed by atoms with Gasteiger partial charge >= 0.3 is 6.18 Å². The Kier molecular flexibility index (Phi) is 8.53. The van der Waals surface area contributed by atoms with E-state index in [2.05, 4.69) is 15.2 Å². The molecule has 9 heteroatoms. The van der Waals surface area contributed by atoms with Crippen LogP contribution in [0.1, 0.15) is 24.4 Å². The molecule has 0 aliphatic carbocycles. The minimum Gasteiger partial charge on any atom is -0.497 e. The summed E-state index contributed by atoms with van der Waals surface area (Å²) in [7, 11) is 1.59. The number of nitrogens with one attached hydrogen (secondary N) is 2. The largest absolute Gasteiger partial charge is 0.497 e. The number of nitrogens with zero attached hydrogens (tertiary/aromatic N) is 1. The molecular formula is C17H24Cl2F3N3O. The number of methoxy groups -OCH3 is 1. The molecule has 0 amide bonds. The van der Waals surface area contributed by atoms with Gasteiger partial charge in [-0.3, -0.25) is 4.90 Å². The lowest BCUT2D eigenvalue weighted by Gasteiger charge is -2.35. The number of alkyl halides is 3. The first kappa shape index (κ1) is 22.9. The Morgan fingerprint density at radius 1 is 1.19 bits per heavy atom. The number of fused-ring (bicyclic) bond motifs is 1. The van der Waals surface area contributed by atoms with Crippen molar-refractivity contribution in [2.45, 2.75) is 25.1 Å². The maximum Gasteiger partial charge on any atom is 0.389 e. The van der Waals surface area contributed by atoms with Crippen LogP contribution in [0.3, 0.4) is 0 Å². The number of rotatable bonds is 5. The Labute approximate surface area is 163 Å². The molecule has 0 saturated carbocycles. The van der Waals surface area contributed by atoms with Crippen LogP contribution in [-0.2, 0) is 0 Å². The van der Waals surface area contributed by atoms with E-state index in [0.717, 1.165) is 42.6 Å². The molecule has 1 aromatic heterocycles. The van der Waals surface area contributed by atoms with E-state index in [1.807, 2.05) is 24.4 Å². The van der Waals surface area contributed by atoms with Crippen LogP contribution in [0, 0.1) is 0 Å². The first-order valence-corrected chi connectivity index (χ1v) is 8.14. The van der Waals surface area contributed by atoms with Crippen LogP contribution in [0.15, 0.2) is 24.4 Å². The number of hydrogen-bond acceptors (Lipinski definition) is 3. The summed E-state index contributed by atoms with van der Waals surface area (Å²) >= 11 is 0. The van der Waals surface area contributed by atoms with Gasteiger partial charge in [-0.15, -0.1) is 24.8 Å². The number of H-pyrrole nitrogens is 1. The SMILES string of the molecule is COc1ccc2[nH]cc([C@H](CCC(F)(F)F)N3CCNCC3)c2c1.Cl.Cl. The van der Waals surface area contributed by atoms with Crippen molar-refractivity contribution >= 4 is 35.7 Å². The Morgan fingerprint density at radius 2 is 1.88 bits per heavy atom. The second-order valence-electron chi connectivity index (χ2n) is 6.11. The lowest BCUT2D eigenvalue weighted by molar-refractivity contribution is -0.138. The van der Waals surface area contributed by atoms with Gasteiger partial charge in [-0.05, 0) is 30.2 Å². The third-order valence-corrected chi connectivity index (χ3v) is 4.57. The van der Waals surface area contributed by atoms with E-state index >= 15 is 0 Å². The first-order valence-electron chi connectivity index (χ1n) is 8.14. The van der Waals surface area contributed by atoms with E-state index < -0.39 is 12.6 Å². The predicted octanol–water partition coefficient (Wildman–Crippen LogP) is 4.31. The summed E-state index contributed by atoms with van der Waals surface area (Å²) < 4.78 is 43.7. The molecule has 1 aromatic carbocycles. The molecule has 0 bridgehead atoms. The molecule has 1 aliphatic rings. The highest BCUT2D eigenvalue weighted by Gasteiger charge is 2.32. The van der Waals surface area contributed by atoms with Crippen molar-refractivity contribution in [2.75, 3.05) is 33.3 Å². The van der Waals surface area contributed by atoms with Crippen molar-refractivity contribution < 1.29 is 17.9 Å². The molecule has 1 aliphatic heterocycles. The molecule has 3 rings (SSSR count). The van der Waals surface area contributed by atoms with Gasteiger partial charge in [0.2, 0.25) is 0 Å². The fourth-order valence-corrected chi connectivity index (χ4v) is 3.35. The lowest BCUT2D eigenvalue weighted by Crippen LogP contribution is -2.45. The number of piperazine rings is 1. The summed E-state index contributed by atoms with van der Waals surface area (Å²) in [6.45, 7) is 3.10. The predicted molar refractivity (Wildman–Crippen MR) is 102 cm³/mol. The van der Waals surface area contributed by atoms with Gasteiger partial charge in [-0.2, -0.15) is 13.2 Å². The maximum absolute atomic E-state index is 12.8. The van der Waals surface area contributed by atoms with E-state index in [0.29, 0.717) is 5.75 Å². The van der Waals surface area contributed by atoms with Crippen molar-refractivity contribution in [1.29, 1.82) is 0 Å². The van der Waals surface area contributed by atoms with E-state index in [9.17, 15) is 13.2 Å². The van der Waals surface area contributed by atoms with Crippen molar-refractivity contribution in [3.63, 3.8) is 0 Å². The van der Waals surface area contributed by atoms with Gasteiger partial charge < -0.3 is 15.0 Å². The summed E-state index contributed by atoms with van der Waals surface area (Å²) in [6.07, 6.45) is -3.02. The normalized spacial score (nSPS) is 16.6. The molecule has 0 unspecified atom stereocenters. The number of hydrogen-bond donors (Lipinski definition) is 2. The highest BCUT2D eigenvalue weighted by Crippen LogP contribution is 2.36. The Morgan fingerprint density at radius 3 is 2.50 bits per heavy atom. The fraction of sp³-hybridized carbons (Fsp3) is 0.529. The first-order chi connectivity index (χ1) is 11.5. The number of benzene rings is 1. The molecule has 2 heterocycles. The van der Waals surface area contributed by atoms with Crippen LogP contribution in [0.4, 0.5) is 13.2 Å². The highest BCUT2D eigenvalue weighted by molar-refractivity contribution is 5.86. The second kappa shape index (κ2) is 9.69. The molecule has 4 nitrogen and oxygen atoms in total. The second-order valence-corrected chi connectivity index (χ2v) is 6.11. The van der Waals surface area contributed by atoms with Gasteiger partial charge in [0, 0.05) is 55.7 Å². The lowest BCUT2D eigenvalue weighted by atomic mass is 9.98. The topological polar surface area (TPSA) is 40.3 Å². The zero-order valence-corrected chi connectivity index (χ0v) is 16.1. The average molecular weight is 414 g/mol. The van der Waals surface area contributed by atoms with Gasteiger partial charge in [-0.25, -0.2) is 0 Å². The number of halogens is 5. The molecule has 26 heavy (non-hydrogen) atoms. The van der Waals surface area contributed by atoms with Crippen LogP contribution in [0.2, 0.25) is 0 Å². The highest BCUT2D eigenvalue weighted by atomic mass is 35.5. The molecule has 1 fully saturated rings. The van der Waals surface area contributed by atoms with Crippen LogP contribution in [0.25, 0.3) is 10.9 Å². The van der Waals surface area contributed by atoms with Crippen molar-refractivity contribution in [2.24, 2.45) is 0 Å². The molecule has 2 aromatic rings. The molecule has 2 N–H and O–H groups in total. The number of aromatic amines is 1. The van der Waals surface area contributed by atoms with Crippen molar-refractivity contribution in [3.8, 4) is 5.75 Å². The molecule has 148 valence electrons. The van der Waals surface area contributed by atoms with Crippen LogP contribution in [0.5, 0.6) is 5.75 Å². The summed E-state index contributed by atoms with van der Waals surface area (Å²) in [5.74, 6) is 0.707. The zero-order valence-electron chi connectivity index (χ0n) is 14.4. The minimum atomic E-state index is -4.14. The Bertz CT molecular complexity index is 687. The third kappa shape index (κ3) is 5.42. The van der Waals surface area contributed by atoms with Gasteiger partial charge in [0.25, 0.3) is 0 Å². The Balaban J connectivity index is 0.00000169. The standard InChI is InChI=1S/C17H22F3N3O.2ClH/c1-24-12-2-3-15-13(10-12)14(11-22-15)16(4-5-17(18,19)20)23-8-6-21-7-9-23;;/h2-3,10-11,16,21-22H,4-9H2,1H3;2*1H/t16-;;/m0../s1. The molecule has 1 atom stereocenters. The summed E-state index contributed by atoms with van der Waals surface area (Å²) in [5.41, 5.74) is 1.83. The molecule has 1 saturated heterocycles. The van der Waals surface area contributed by atoms with Crippen molar-refractivity contribution in [1.82, 2.24) is 15.2 Å². The summed E-state index contributed by atoms with van der Waals surface area (Å²) in [4.78, 5) is 5.32. The van der Waals surface area contributed by atoms with Crippen LogP contribution >= 0.6 is 24.8 Å². The van der Waals surface area contributed by atoms with E-state index in [1.165, 1.54) is 0 Å². The van der Waals surface area contributed by atoms with Gasteiger partial charge in [0.05, 0.1) is 7.11 Å². The minimum absolute atomic E-state index is 0. The summed E-state index contributed by atoms with van der Waals surface area (Å²) in [5, 5.41) is 4.18. The third-order valence-electron chi connectivity index (χ3n) is 4.57.